The standard InChI is InChI=1S/C10H14F3NO3/c11-10(12,13)4-3-8(15)14-7(5-9(16)17)6-1-2-6/h6-7H,1-5H2,(H,14,15)(H,16,17). The molecule has 1 amide bonds. The number of alkyl halides is 3. The van der Waals surface area contributed by atoms with Gasteiger partial charge in [-0.2, -0.15) is 13.2 Å². The Bertz CT molecular complexity index is 300. The van der Waals surface area contributed by atoms with Crippen LogP contribution in [-0.4, -0.2) is 29.2 Å². The smallest absolute Gasteiger partial charge is 0.389 e. The molecule has 1 aliphatic carbocycles. The SMILES string of the molecule is O=C(O)CC(NC(=O)CCC(F)(F)F)C1CC1. The maximum absolute atomic E-state index is 11.9. The Kier molecular flexibility index (Phi) is 4.36. The van der Waals surface area contributed by atoms with E-state index in [0.717, 1.165) is 12.8 Å². The first-order valence-electron chi connectivity index (χ1n) is 5.36. The lowest BCUT2D eigenvalue weighted by Gasteiger charge is -2.16. The lowest BCUT2D eigenvalue weighted by Crippen LogP contribution is -2.38. The first kappa shape index (κ1) is 13.8. The molecule has 0 heterocycles. The highest BCUT2D eigenvalue weighted by Gasteiger charge is 2.34. The molecule has 2 N–H and O–H groups in total. The van der Waals surface area contributed by atoms with E-state index < -0.39 is 36.9 Å². The number of carboxylic acids is 1. The Labute approximate surface area is 96.2 Å². The summed E-state index contributed by atoms with van der Waals surface area (Å²) in [6.45, 7) is 0. The van der Waals surface area contributed by atoms with Gasteiger partial charge in [0.2, 0.25) is 5.91 Å². The van der Waals surface area contributed by atoms with E-state index in [0.29, 0.717) is 0 Å². The molecule has 0 aromatic carbocycles. The summed E-state index contributed by atoms with van der Waals surface area (Å²) >= 11 is 0. The number of hydrogen-bond donors (Lipinski definition) is 2. The lowest BCUT2D eigenvalue weighted by atomic mass is 10.1. The minimum atomic E-state index is -4.36. The molecule has 0 bridgehead atoms. The van der Waals surface area contributed by atoms with Gasteiger partial charge in [0.15, 0.2) is 0 Å². The van der Waals surface area contributed by atoms with E-state index >= 15 is 0 Å². The molecule has 4 nitrogen and oxygen atoms in total. The normalized spacial score (nSPS) is 17.6. The van der Waals surface area contributed by atoms with Gasteiger partial charge in [0.1, 0.15) is 0 Å². The Morgan fingerprint density at radius 3 is 2.35 bits per heavy atom. The average Bonchev–Trinajstić information content (AvgIpc) is 2.94. The number of hydrogen-bond acceptors (Lipinski definition) is 2. The first-order chi connectivity index (χ1) is 7.78. The van der Waals surface area contributed by atoms with Crippen LogP contribution in [0, 0.1) is 5.92 Å². The number of nitrogens with one attached hydrogen (secondary N) is 1. The Morgan fingerprint density at radius 2 is 1.94 bits per heavy atom. The van der Waals surface area contributed by atoms with Gasteiger partial charge in [0, 0.05) is 12.5 Å². The highest BCUT2D eigenvalue weighted by molar-refractivity contribution is 5.77. The molecule has 98 valence electrons. The monoisotopic (exact) mass is 253 g/mol. The third-order valence-corrected chi connectivity index (χ3v) is 2.57. The molecule has 1 saturated carbocycles. The number of halogens is 3. The second kappa shape index (κ2) is 5.37. The van der Waals surface area contributed by atoms with Crippen LogP contribution in [0.4, 0.5) is 13.2 Å². The molecule has 0 radical (unpaired) electrons. The van der Waals surface area contributed by atoms with Gasteiger partial charge in [-0.25, -0.2) is 0 Å². The van der Waals surface area contributed by atoms with Crippen LogP contribution in [0.3, 0.4) is 0 Å². The van der Waals surface area contributed by atoms with Crippen LogP contribution in [0.5, 0.6) is 0 Å². The largest absolute Gasteiger partial charge is 0.481 e. The van der Waals surface area contributed by atoms with Crippen molar-refractivity contribution >= 4 is 11.9 Å². The van der Waals surface area contributed by atoms with Crippen LogP contribution in [0.2, 0.25) is 0 Å². The molecule has 17 heavy (non-hydrogen) atoms. The maximum Gasteiger partial charge on any atom is 0.389 e. The van der Waals surface area contributed by atoms with Crippen LogP contribution in [0.25, 0.3) is 0 Å². The highest BCUT2D eigenvalue weighted by Crippen LogP contribution is 2.34. The van der Waals surface area contributed by atoms with Crippen LogP contribution >= 0.6 is 0 Å². The van der Waals surface area contributed by atoms with Crippen molar-refractivity contribution in [2.75, 3.05) is 0 Å². The second-order valence-corrected chi connectivity index (χ2v) is 4.22. The molecule has 0 saturated heterocycles. The number of rotatable bonds is 6. The molecule has 1 aliphatic rings. The molecule has 0 aromatic heterocycles. The topological polar surface area (TPSA) is 66.4 Å². The molecule has 1 unspecified atom stereocenters. The van der Waals surface area contributed by atoms with Crippen LogP contribution in [0.15, 0.2) is 0 Å². The zero-order valence-corrected chi connectivity index (χ0v) is 9.09. The molecular formula is C10H14F3NO3. The van der Waals surface area contributed by atoms with Crippen molar-refractivity contribution in [2.45, 2.75) is 44.3 Å². The third-order valence-electron chi connectivity index (χ3n) is 2.57. The molecule has 1 atom stereocenters. The molecule has 0 aromatic rings. The summed E-state index contributed by atoms with van der Waals surface area (Å²) in [5.74, 6) is -1.69. The summed E-state index contributed by atoms with van der Waals surface area (Å²) in [5, 5.41) is 11.0. The molecule has 0 spiro atoms. The van der Waals surface area contributed by atoms with Crippen LogP contribution in [-0.2, 0) is 9.59 Å². The van der Waals surface area contributed by atoms with Crippen molar-refractivity contribution in [1.29, 1.82) is 0 Å². The number of carbonyl (C=O) groups is 2. The molecule has 7 heteroatoms. The summed E-state index contributed by atoms with van der Waals surface area (Å²) in [5.41, 5.74) is 0. The van der Waals surface area contributed by atoms with Gasteiger partial charge in [-0.15, -0.1) is 0 Å². The van der Waals surface area contributed by atoms with Crippen LogP contribution < -0.4 is 5.32 Å². The predicted octanol–water partition coefficient (Wildman–Crippen LogP) is 1.70. The van der Waals surface area contributed by atoms with E-state index in [9.17, 15) is 22.8 Å². The molecular weight excluding hydrogens is 239 g/mol. The van der Waals surface area contributed by atoms with E-state index in [1.165, 1.54) is 0 Å². The predicted molar refractivity (Wildman–Crippen MR) is 52.2 cm³/mol. The highest BCUT2D eigenvalue weighted by atomic mass is 19.4. The fourth-order valence-electron chi connectivity index (χ4n) is 1.56. The zero-order chi connectivity index (χ0) is 13.1. The summed E-state index contributed by atoms with van der Waals surface area (Å²) in [7, 11) is 0. The zero-order valence-electron chi connectivity index (χ0n) is 9.09. The van der Waals surface area contributed by atoms with Gasteiger partial charge in [-0.1, -0.05) is 0 Å². The quantitative estimate of drug-likeness (QED) is 0.757. The van der Waals surface area contributed by atoms with Gasteiger partial charge in [0.25, 0.3) is 0 Å². The van der Waals surface area contributed by atoms with Crippen molar-refractivity contribution in [1.82, 2.24) is 5.32 Å². The van der Waals surface area contributed by atoms with Crippen LogP contribution in [0.1, 0.15) is 32.1 Å². The van der Waals surface area contributed by atoms with Gasteiger partial charge in [0.05, 0.1) is 12.8 Å². The average molecular weight is 253 g/mol. The van der Waals surface area contributed by atoms with Gasteiger partial charge < -0.3 is 10.4 Å². The Morgan fingerprint density at radius 1 is 1.35 bits per heavy atom. The van der Waals surface area contributed by atoms with Gasteiger partial charge in [-0.3, -0.25) is 9.59 Å². The van der Waals surface area contributed by atoms with E-state index in [2.05, 4.69) is 5.32 Å². The Balaban J connectivity index is 2.34. The van der Waals surface area contributed by atoms with Crippen molar-refractivity contribution in [3.8, 4) is 0 Å². The summed E-state index contributed by atoms with van der Waals surface area (Å²) in [6, 6.07) is -0.534. The third kappa shape index (κ3) is 6.13. The number of amides is 1. The van der Waals surface area contributed by atoms with E-state index in [1.54, 1.807) is 0 Å². The van der Waals surface area contributed by atoms with Gasteiger partial charge >= 0.3 is 12.1 Å². The second-order valence-electron chi connectivity index (χ2n) is 4.22. The molecule has 0 aliphatic heterocycles. The van der Waals surface area contributed by atoms with E-state index in [1.807, 2.05) is 0 Å². The van der Waals surface area contributed by atoms with Crippen molar-refractivity contribution in [2.24, 2.45) is 5.92 Å². The number of carboxylic acid groups (broad SMARTS) is 1. The minimum Gasteiger partial charge on any atom is -0.481 e. The summed E-state index contributed by atoms with van der Waals surface area (Å²) < 4.78 is 35.6. The lowest BCUT2D eigenvalue weighted by molar-refractivity contribution is -0.145. The number of aliphatic carboxylic acids is 1. The first-order valence-corrected chi connectivity index (χ1v) is 5.36. The summed E-state index contributed by atoms with van der Waals surface area (Å²) in [6.07, 6.45) is -4.79. The maximum atomic E-state index is 11.9. The fraction of sp³-hybridized carbons (Fsp3) is 0.800. The Hall–Kier alpha value is -1.27. The summed E-state index contributed by atoms with van der Waals surface area (Å²) in [4.78, 5) is 21.7. The van der Waals surface area contributed by atoms with Gasteiger partial charge in [-0.05, 0) is 18.8 Å². The van der Waals surface area contributed by atoms with Crippen molar-refractivity contribution in [3.05, 3.63) is 0 Å². The molecule has 1 fully saturated rings. The van der Waals surface area contributed by atoms with E-state index in [-0.39, 0.29) is 12.3 Å². The molecule has 1 rings (SSSR count). The minimum absolute atomic E-state index is 0.0981. The van der Waals surface area contributed by atoms with Crippen molar-refractivity contribution < 1.29 is 27.9 Å². The van der Waals surface area contributed by atoms with Crippen molar-refractivity contribution in [3.63, 3.8) is 0 Å². The fourth-order valence-corrected chi connectivity index (χ4v) is 1.56. The van der Waals surface area contributed by atoms with E-state index in [4.69, 9.17) is 5.11 Å². The number of carbonyl (C=O) groups excluding carboxylic acids is 1.